The number of alkyl halides is 3. The quantitative estimate of drug-likeness (QED) is 0.121. The predicted molar refractivity (Wildman–Crippen MR) is 213 cm³/mol. The molecule has 2 aliphatic carbocycles. The van der Waals surface area contributed by atoms with E-state index < -0.39 is 87.2 Å². The molecule has 6 unspecified atom stereocenters. The van der Waals surface area contributed by atoms with E-state index in [1.54, 1.807) is 18.2 Å². The molecule has 4 amide bonds. The summed E-state index contributed by atoms with van der Waals surface area (Å²) in [6, 6.07) is 13.7. The van der Waals surface area contributed by atoms with E-state index in [1.807, 2.05) is 0 Å². The number of ether oxygens (including phenoxy) is 1. The first-order valence-corrected chi connectivity index (χ1v) is 20.1. The van der Waals surface area contributed by atoms with Crippen molar-refractivity contribution < 1.29 is 52.1 Å². The Hall–Kier alpha value is -4.97. The molecule has 2 saturated heterocycles. The van der Waals surface area contributed by atoms with Gasteiger partial charge in [-0.1, -0.05) is 53.1 Å². The highest BCUT2D eigenvalue weighted by Gasteiger charge is 2.71. The Balaban J connectivity index is 1.34. The largest absolute Gasteiger partial charge is 0.503 e. The number of allylic oxidation sites excluding steroid dienone is 2. The van der Waals surface area contributed by atoms with Crippen molar-refractivity contribution in [3.05, 3.63) is 120 Å². The Morgan fingerprint density at radius 3 is 2.34 bits per heavy atom. The Morgan fingerprint density at radius 1 is 0.983 bits per heavy atom. The Kier molecular flexibility index (Phi) is 10.1. The zero-order valence-electron chi connectivity index (χ0n) is 30.1. The zero-order valence-corrected chi connectivity index (χ0v) is 34.7. The fourth-order valence-corrected chi connectivity index (χ4v) is 10.4. The molecule has 3 N–H and O–H groups in total. The molecular formula is C40H27Br2Cl2F3N4O8. The lowest BCUT2D eigenvalue weighted by atomic mass is 9.49. The normalized spacial score (nSPS) is 25.1. The van der Waals surface area contributed by atoms with Crippen LogP contribution in [0.5, 0.6) is 11.5 Å². The van der Waals surface area contributed by atoms with Crippen LogP contribution in [-0.2, 0) is 30.8 Å². The number of methoxy groups -OCH3 is 1. The van der Waals surface area contributed by atoms with Crippen molar-refractivity contribution in [1.82, 2.24) is 9.99 Å². The summed E-state index contributed by atoms with van der Waals surface area (Å²) in [6.07, 6.45) is -2.66. The van der Waals surface area contributed by atoms with Crippen LogP contribution in [0.2, 0.25) is 10.0 Å². The first kappa shape index (κ1) is 40.8. The number of carbonyl (C=O) groups excluding carboxylic acids is 4. The smallest absolute Gasteiger partial charge is 0.417 e. The van der Waals surface area contributed by atoms with Crippen LogP contribution < -0.4 is 15.1 Å². The maximum absolute atomic E-state index is 15.5. The molecule has 3 fully saturated rings. The van der Waals surface area contributed by atoms with E-state index in [1.165, 1.54) is 49.6 Å². The standard InChI is InChI=1S/C40H27Br2Cl2F3N4O8/c1-59-27-14-24(30(41)31(42)32(27)52)29-21-9-10-22-28(36(55)50(34(22)53)20-4-2-3-16(11-20)37(56)57)23(21)13-25-35(54)51(38(58)39(25,29)17-5-7-19(43)8-6-17)49-33-26(44)12-18(15-48-33)40(45,46)47/h2-9,11-12,14-15,22-23,25,28-29,52H,10,13H2,1H3,(H,48,49)(H,56,57). The van der Waals surface area contributed by atoms with Crippen LogP contribution in [0.1, 0.15) is 45.8 Å². The van der Waals surface area contributed by atoms with Gasteiger partial charge in [-0.25, -0.2) is 9.78 Å². The van der Waals surface area contributed by atoms with Crippen molar-refractivity contribution in [2.24, 2.45) is 23.7 Å². The average Bonchev–Trinajstić information content (AvgIpc) is 3.58. The summed E-state index contributed by atoms with van der Waals surface area (Å²) in [5.74, 6) is -10.2. The zero-order chi connectivity index (χ0) is 42.5. The topological polar surface area (TPSA) is 166 Å². The molecule has 0 radical (unpaired) electrons. The summed E-state index contributed by atoms with van der Waals surface area (Å²) >= 11 is 19.6. The van der Waals surface area contributed by atoms with Crippen molar-refractivity contribution in [3.8, 4) is 11.5 Å². The van der Waals surface area contributed by atoms with Gasteiger partial charge in [0.1, 0.15) is 0 Å². The number of aromatic nitrogens is 1. The maximum Gasteiger partial charge on any atom is 0.417 e. The van der Waals surface area contributed by atoms with Gasteiger partial charge in [-0.3, -0.25) is 29.5 Å². The molecule has 2 aliphatic heterocycles. The first-order chi connectivity index (χ1) is 27.9. The molecule has 6 atom stereocenters. The van der Waals surface area contributed by atoms with Gasteiger partial charge in [0.25, 0.3) is 11.8 Å². The molecule has 4 aliphatic rings. The number of hydrogen-bond acceptors (Lipinski definition) is 9. The highest BCUT2D eigenvalue weighted by molar-refractivity contribution is 9.13. The molecule has 3 heterocycles. The number of carboxylic acid groups (broad SMARTS) is 1. The number of hydrogen-bond donors (Lipinski definition) is 3. The van der Waals surface area contributed by atoms with E-state index >= 15 is 4.79 Å². The fraction of sp³-hybridized carbons (Fsp3) is 0.250. The van der Waals surface area contributed by atoms with Crippen molar-refractivity contribution in [3.63, 3.8) is 0 Å². The van der Waals surface area contributed by atoms with E-state index in [2.05, 4.69) is 42.3 Å². The Labute approximate surface area is 359 Å². The van der Waals surface area contributed by atoms with Crippen molar-refractivity contribution >= 4 is 96.2 Å². The van der Waals surface area contributed by atoms with Crippen LogP contribution in [-0.4, -0.2) is 56.9 Å². The number of halogens is 7. The SMILES string of the molecule is COc1cc(C2C3=CCC4C(=O)N(c5cccc(C(=O)O)c5)C(=O)C4C3CC3C(=O)N(Nc4ncc(C(F)(F)F)cc4Cl)C(=O)C32c2ccc(Cl)cc2)c(Br)c(Br)c1O. The number of nitrogens with one attached hydrogen (secondary N) is 1. The second kappa shape index (κ2) is 14.6. The number of anilines is 2. The monoisotopic (exact) mass is 976 g/mol. The summed E-state index contributed by atoms with van der Waals surface area (Å²) in [7, 11) is 1.32. The number of hydrazine groups is 1. The molecule has 59 heavy (non-hydrogen) atoms. The first-order valence-electron chi connectivity index (χ1n) is 17.7. The van der Waals surface area contributed by atoms with E-state index in [-0.39, 0.29) is 44.5 Å². The van der Waals surface area contributed by atoms with Gasteiger partial charge < -0.3 is 14.9 Å². The molecule has 12 nitrogen and oxygen atoms in total. The van der Waals surface area contributed by atoms with Crippen LogP contribution in [0.3, 0.4) is 0 Å². The van der Waals surface area contributed by atoms with Gasteiger partial charge in [0.15, 0.2) is 17.3 Å². The van der Waals surface area contributed by atoms with Gasteiger partial charge in [-0.15, -0.1) is 0 Å². The molecule has 19 heteroatoms. The number of pyridine rings is 1. The predicted octanol–water partition coefficient (Wildman–Crippen LogP) is 8.53. The van der Waals surface area contributed by atoms with Crippen molar-refractivity contribution in [2.45, 2.75) is 30.4 Å². The lowest BCUT2D eigenvalue weighted by Gasteiger charge is -2.51. The minimum absolute atomic E-state index is 0.0154. The van der Waals surface area contributed by atoms with Gasteiger partial charge in [-0.05, 0) is 104 Å². The van der Waals surface area contributed by atoms with Gasteiger partial charge >= 0.3 is 12.1 Å². The minimum atomic E-state index is -4.79. The van der Waals surface area contributed by atoms with E-state index in [0.29, 0.717) is 39.0 Å². The van der Waals surface area contributed by atoms with Gasteiger partial charge in [0.05, 0.1) is 56.6 Å². The summed E-state index contributed by atoms with van der Waals surface area (Å²) in [5, 5.41) is 21.1. The van der Waals surface area contributed by atoms with Gasteiger partial charge in [0.2, 0.25) is 11.8 Å². The van der Waals surface area contributed by atoms with Crippen LogP contribution in [0, 0.1) is 23.7 Å². The van der Waals surface area contributed by atoms with Gasteiger partial charge in [-0.2, -0.15) is 18.2 Å². The molecule has 8 rings (SSSR count). The molecule has 0 bridgehead atoms. The maximum atomic E-state index is 15.5. The number of rotatable bonds is 7. The number of phenolic OH excluding ortho intramolecular Hbond substituents is 1. The van der Waals surface area contributed by atoms with E-state index in [0.717, 1.165) is 4.90 Å². The van der Waals surface area contributed by atoms with Gasteiger partial charge in [0, 0.05) is 21.6 Å². The lowest BCUT2D eigenvalue weighted by molar-refractivity contribution is -0.139. The minimum Gasteiger partial charge on any atom is -0.503 e. The van der Waals surface area contributed by atoms with Crippen LogP contribution in [0.15, 0.2) is 87.5 Å². The van der Waals surface area contributed by atoms with Crippen molar-refractivity contribution in [2.75, 3.05) is 17.4 Å². The molecule has 0 spiro atoms. The highest BCUT2D eigenvalue weighted by atomic mass is 79.9. The number of nitrogens with zero attached hydrogens (tertiary/aromatic N) is 3. The number of carboxylic acids is 1. The highest BCUT2D eigenvalue weighted by Crippen LogP contribution is 2.66. The lowest BCUT2D eigenvalue weighted by Crippen LogP contribution is -2.53. The third-order valence-electron chi connectivity index (χ3n) is 11.6. The number of imide groups is 2. The van der Waals surface area contributed by atoms with E-state index in [9.17, 15) is 42.6 Å². The fourth-order valence-electron chi connectivity index (χ4n) is 9.14. The summed E-state index contributed by atoms with van der Waals surface area (Å²) < 4.78 is 46.6. The molecule has 3 aromatic carbocycles. The van der Waals surface area contributed by atoms with Crippen LogP contribution in [0.25, 0.3) is 0 Å². The number of aromatic hydroxyl groups is 1. The number of phenols is 1. The van der Waals surface area contributed by atoms with Crippen molar-refractivity contribution in [1.29, 1.82) is 0 Å². The van der Waals surface area contributed by atoms with E-state index in [4.69, 9.17) is 27.9 Å². The Bertz CT molecular complexity index is 2560. The second-order valence-corrected chi connectivity index (χ2v) is 16.9. The number of amides is 4. The number of benzene rings is 3. The third-order valence-corrected chi connectivity index (χ3v) is 14.3. The number of fused-ring (bicyclic) bond motifs is 4. The Morgan fingerprint density at radius 2 is 1.69 bits per heavy atom. The average molecular weight is 979 g/mol. The number of aromatic carboxylic acids is 1. The van der Waals surface area contributed by atoms with Crippen LogP contribution in [0.4, 0.5) is 24.7 Å². The molecule has 304 valence electrons. The molecular weight excluding hydrogens is 952 g/mol. The summed E-state index contributed by atoms with van der Waals surface area (Å²) in [5.41, 5.74) is 0.585. The third kappa shape index (κ3) is 6.22. The molecule has 1 aromatic heterocycles. The summed E-state index contributed by atoms with van der Waals surface area (Å²) in [4.78, 5) is 75.8. The molecule has 4 aromatic rings. The number of carbonyl (C=O) groups is 5. The molecule has 1 saturated carbocycles. The second-order valence-electron chi connectivity index (χ2n) is 14.4. The summed E-state index contributed by atoms with van der Waals surface area (Å²) in [6.45, 7) is 0. The van der Waals surface area contributed by atoms with Crippen LogP contribution >= 0.6 is 55.1 Å².